The largest absolute Gasteiger partial charge is 0.456 e. The molecule has 50 heavy (non-hydrogen) atoms. The predicted octanol–water partition coefficient (Wildman–Crippen LogP) is 3.95. The molecule has 2 aromatic rings. The van der Waals surface area contributed by atoms with Crippen molar-refractivity contribution >= 4 is 48.5 Å². The summed E-state index contributed by atoms with van der Waals surface area (Å²) in [5.74, 6) is -0.570. The first-order valence-electron chi connectivity index (χ1n) is 17.1. The Morgan fingerprint density at radius 3 is 2.14 bits per heavy atom. The molecule has 2 aliphatic rings. The first-order chi connectivity index (χ1) is 23.9. The predicted molar refractivity (Wildman–Crippen MR) is 193 cm³/mol. The van der Waals surface area contributed by atoms with Gasteiger partial charge in [0.25, 0.3) is 0 Å². The van der Waals surface area contributed by atoms with E-state index in [4.69, 9.17) is 32.5 Å². The lowest BCUT2D eigenvalue weighted by molar-refractivity contribution is -0.273. The number of likely N-dealkylation sites (tertiary alicyclic amines) is 1. The molecule has 13 heteroatoms. The van der Waals surface area contributed by atoms with E-state index in [1.165, 1.54) is 23.6 Å². The van der Waals surface area contributed by atoms with Crippen LogP contribution < -0.4 is 10.4 Å². The molecule has 2 heterocycles. The number of hydrogen-bond acceptors (Lipinski definition) is 11. The highest BCUT2D eigenvalue weighted by atomic mass is 32.2. The van der Waals surface area contributed by atoms with Gasteiger partial charge in [-0.25, -0.2) is 0 Å². The van der Waals surface area contributed by atoms with Crippen LogP contribution in [0.4, 0.5) is 0 Å². The average Bonchev–Trinajstić information content (AvgIpc) is 3.40. The SMILES string of the molecule is C=CCO[C@@H]1[C@@H](OC(C)=O)[C@H](SCCN2C(=O)CCC2=O)O[C@H](CO[Si](OC(C)(C)C)(c2ccccc2)c2ccccc2)[C@H]1OC(C)OCC. The maximum atomic E-state index is 12.5. The van der Waals surface area contributed by atoms with Crippen LogP contribution in [0, 0.1) is 0 Å². The Morgan fingerprint density at radius 1 is 1.02 bits per heavy atom. The Kier molecular flexibility index (Phi) is 14.8. The van der Waals surface area contributed by atoms with Crippen molar-refractivity contribution < 1.29 is 46.9 Å². The van der Waals surface area contributed by atoms with Crippen molar-refractivity contribution in [3.8, 4) is 0 Å². The number of amides is 2. The van der Waals surface area contributed by atoms with Crippen molar-refractivity contribution in [3.05, 3.63) is 73.3 Å². The summed E-state index contributed by atoms with van der Waals surface area (Å²) in [6.45, 7) is 15.6. The summed E-state index contributed by atoms with van der Waals surface area (Å²) >= 11 is 1.33. The van der Waals surface area contributed by atoms with Crippen molar-refractivity contribution in [1.82, 2.24) is 4.90 Å². The Morgan fingerprint density at radius 2 is 1.62 bits per heavy atom. The number of benzene rings is 2. The molecule has 274 valence electrons. The van der Waals surface area contributed by atoms with E-state index in [0.717, 1.165) is 10.4 Å². The molecule has 0 aromatic heterocycles. The van der Waals surface area contributed by atoms with Crippen molar-refractivity contribution in [2.24, 2.45) is 0 Å². The van der Waals surface area contributed by atoms with E-state index in [1.54, 1.807) is 13.0 Å². The van der Waals surface area contributed by atoms with Gasteiger partial charge in [-0.1, -0.05) is 66.7 Å². The van der Waals surface area contributed by atoms with Gasteiger partial charge in [0.15, 0.2) is 12.4 Å². The van der Waals surface area contributed by atoms with Gasteiger partial charge in [0, 0.05) is 38.7 Å². The first-order valence-corrected chi connectivity index (χ1v) is 20.0. The summed E-state index contributed by atoms with van der Waals surface area (Å²) in [6.07, 6.45) is -1.92. The quantitative estimate of drug-likeness (QED) is 0.0730. The standard InChI is InChI=1S/C37H51NO10SSi/c1-8-23-43-34-33(46-27(4)42-9-2)30(47-36(35(34)45-26(3)39)49-24-22-38-31(40)20-21-32(38)41)25-44-50(48-37(5,6)7,28-16-12-10-13-17-28)29-18-14-11-15-19-29/h8,10-19,27,30,33-36H,1,9,20-25H2,2-7H3/t27?,30-,33-,34+,35-,36+/m1/s1. The number of carbonyl (C=O) groups is 3. The summed E-state index contributed by atoms with van der Waals surface area (Å²) in [6, 6.07) is 19.8. The van der Waals surface area contributed by atoms with Crippen LogP contribution in [0.15, 0.2) is 73.3 Å². The number of thioether (sulfide) groups is 1. The molecular formula is C37H51NO10SSi. The van der Waals surface area contributed by atoms with E-state index in [2.05, 4.69) is 6.58 Å². The van der Waals surface area contributed by atoms with Gasteiger partial charge < -0.3 is 32.5 Å². The molecule has 2 saturated heterocycles. The summed E-state index contributed by atoms with van der Waals surface area (Å²) < 4.78 is 45.3. The minimum Gasteiger partial charge on any atom is -0.456 e. The fourth-order valence-electron chi connectivity index (χ4n) is 6.05. The van der Waals surface area contributed by atoms with E-state index in [-0.39, 0.29) is 44.4 Å². The van der Waals surface area contributed by atoms with Crippen molar-refractivity contribution in [3.63, 3.8) is 0 Å². The van der Waals surface area contributed by atoms with Gasteiger partial charge >= 0.3 is 14.5 Å². The van der Waals surface area contributed by atoms with Gasteiger partial charge in [-0.2, -0.15) is 0 Å². The summed E-state index contributed by atoms with van der Waals surface area (Å²) in [5.41, 5.74) is -1.34. The molecule has 0 bridgehead atoms. The number of imide groups is 1. The fourth-order valence-corrected chi connectivity index (χ4v) is 10.7. The summed E-state index contributed by atoms with van der Waals surface area (Å²) in [7, 11) is -3.42. The molecule has 2 fully saturated rings. The molecular weight excluding hydrogens is 679 g/mol. The highest BCUT2D eigenvalue weighted by Crippen LogP contribution is 2.35. The van der Waals surface area contributed by atoms with Crippen LogP contribution in [0.2, 0.25) is 0 Å². The molecule has 0 spiro atoms. The number of esters is 1. The van der Waals surface area contributed by atoms with Crippen LogP contribution in [0.3, 0.4) is 0 Å². The number of hydrogen-bond donors (Lipinski definition) is 0. The Balaban J connectivity index is 1.74. The van der Waals surface area contributed by atoms with E-state index in [9.17, 15) is 14.4 Å². The van der Waals surface area contributed by atoms with Gasteiger partial charge in [-0.3, -0.25) is 19.3 Å². The molecule has 2 amide bonds. The second kappa shape index (κ2) is 18.6. The highest BCUT2D eigenvalue weighted by Gasteiger charge is 2.53. The Hall–Kier alpha value is -2.88. The summed E-state index contributed by atoms with van der Waals surface area (Å²) in [5, 5.41) is 1.83. The van der Waals surface area contributed by atoms with Crippen LogP contribution >= 0.6 is 11.8 Å². The Bertz CT molecular complexity index is 1350. The number of ether oxygens (including phenoxy) is 5. The third-order valence-corrected chi connectivity index (χ3v) is 12.8. The van der Waals surface area contributed by atoms with Gasteiger partial charge in [0.2, 0.25) is 11.8 Å². The monoisotopic (exact) mass is 729 g/mol. The van der Waals surface area contributed by atoms with Gasteiger partial charge in [0.1, 0.15) is 23.7 Å². The third-order valence-electron chi connectivity index (χ3n) is 8.01. The van der Waals surface area contributed by atoms with Crippen LogP contribution in [-0.2, 0) is 46.9 Å². The first kappa shape index (κ1) is 39.9. The molecule has 2 aliphatic heterocycles. The van der Waals surface area contributed by atoms with Crippen molar-refractivity contribution in [2.75, 3.05) is 32.1 Å². The van der Waals surface area contributed by atoms with Crippen molar-refractivity contribution in [2.45, 2.75) is 96.1 Å². The highest BCUT2D eigenvalue weighted by molar-refractivity contribution is 7.99. The molecule has 0 aliphatic carbocycles. The normalized spacial score (nSPS) is 23.6. The molecule has 0 radical (unpaired) electrons. The number of nitrogens with zero attached hydrogens (tertiary/aromatic N) is 1. The third kappa shape index (κ3) is 10.6. The Labute approximate surface area is 301 Å². The minimum absolute atomic E-state index is 0.0243. The smallest absolute Gasteiger partial charge is 0.407 e. The number of rotatable bonds is 18. The van der Waals surface area contributed by atoms with Crippen LogP contribution in [0.5, 0.6) is 0 Å². The van der Waals surface area contributed by atoms with E-state index in [1.807, 2.05) is 88.4 Å². The maximum Gasteiger partial charge on any atom is 0.407 e. The molecule has 11 nitrogen and oxygen atoms in total. The second-order valence-electron chi connectivity index (χ2n) is 13.0. The lowest BCUT2D eigenvalue weighted by Crippen LogP contribution is -2.68. The topological polar surface area (TPSA) is 119 Å². The molecule has 1 unspecified atom stereocenters. The maximum absolute atomic E-state index is 12.5. The van der Waals surface area contributed by atoms with Crippen molar-refractivity contribution in [1.29, 1.82) is 0 Å². The number of carbonyl (C=O) groups excluding carboxylic acids is 3. The molecule has 0 N–H and O–H groups in total. The second-order valence-corrected chi connectivity index (χ2v) is 17.1. The van der Waals surface area contributed by atoms with E-state index in [0.29, 0.717) is 12.4 Å². The van der Waals surface area contributed by atoms with Gasteiger partial charge in [-0.15, -0.1) is 18.3 Å². The molecule has 0 saturated carbocycles. The van der Waals surface area contributed by atoms with Crippen LogP contribution in [-0.4, -0.2) is 105 Å². The lowest BCUT2D eigenvalue weighted by atomic mass is 9.99. The zero-order chi connectivity index (χ0) is 36.3. The zero-order valence-electron chi connectivity index (χ0n) is 29.9. The minimum atomic E-state index is -3.42. The van der Waals surface area contributed by atoms with Crippen LogP contribution in [0.1, 0.15) is 54.4 Å². The molecule has 2 aromatic carbocycles. The lowest BCUT2D eigenvalue weighted by Gasteiger charge is -2.47. The zero-order valence-corrected chi connectivity index (χ0v) is 31.7. The fraction of sp³-hybridized carbons (Fsp3) is 0.541. The van der Waals surface area contributed by atoms with E-state index >= 15 is 0 Å². The van der Waals surface area contributed by atoms with Gasteiger partial charge in [0.05, 0.1) is 18.8 Å². The van der Waals surface area contributed by atoms with E-state index < -0.39 is 56.3 Å². The average molecular weight is 730 g/mol. The summed E-state index contributed by atoms with van der Waals surface area (Å²) in [4.78, 5) is 38.4. The van der Waals surface area contributed by atoms with Gasteiger partial charge in [-0.05, 0) is 45.0 Å². The molecule has 6 atom stereocenters. The molecule has 4 rings (SSSR count). The van der Waals surface area contributed by atoms with Crippen LogP contribution in [0.25, 0.3) is 0 Å².